The van der Waals surface area contributed by atoms with Gasteiger partial charge in [0.15, 0.2) is 0 Å². The quantitative estimate of drug-likeness (QED) is 0.852. The van der Waals surface area contributed by atoms with Crippen molar-refractivity contribution in [3.63, 3.8) is 0 Å². The summed E-state index contributed by atoms with van der Waals surface area (Å²) in [6.07, 6.45) is 1.67. The molecule has 3 heteroatoms. The summed E-state index contributed by atoms with van der Waals surface area (Å²) in [4.78, 5) is 0. The van der Waals surface area contributed by atoms with E-state index in [1.54, 1.807) is 6.26 Å². The molecule has 1 N–H and O–H groups in total. The summed E-state index contributed by atoms with van der Waals surface area (Å²) in [5.41, 5.74) is 2.10. The molecule has 2 rings (SSSR count). The number of halogens is 1. The summed E-state index contributed by atoms with van der Waals surface area (Å²) < 4.78 is 5.34. The molecule has 0 saturated heterocycles. The number of aryl methyl sites for hydroxylation is 1. The van der Waals surface area contributed by atoms with Gasteiger partial charge in [0.1, 0.15) is 5.76 Å². The SMILES string of the molecule is Cc1cccc(Cl)c1NC(C)c1ccco1. The number of benzene rings is 1. The predicted molar refractivity (Wildman–Crippen MR) is 66.9 cm³/mol. The lowest BCUT2D eigenvalue weighted by molar-refractivity contribution is 0.490. The number of anilines is 1. The molecule has 2 aromatic rings. The predicted octanol–water partition coefficient (Wildman–Crippen LogP) is 4.41. The molecule has 0 aliphatic heterocycles. The van der Waals surface area contributed by atoms with Crippen LogP contribution in [0.3, 0.4) is 0 Å². The van der Waals surface area contributed by atoms with Crippen LogP contribution in [-0.2, 0) is 0 Å². The summed E-state index contributed by atoms with van der Waals surface area (Å²) >= 11 is 6.14. The van der Waals surface area contributed by atoms with Crippen LogP contribution in [0.2, 0.25) is 5.02 Å². The largest absolute Gasteiger partial charge is 0.467 e. The summed E-state index contributed by atoms with van der Waals surface area (Å²) in [7, 11) is 0. The molecular formula is C13H14ClNO. The van der Waals surface area contributed by atoms with Crippen molar-refractivity contribution in [1.29, 1.82) is 0 Å². The Morgan fingerprint density at radius 2 is 2.06 bits per heavy atom. The first kappa shape index (κ1) is 11.1. The van der Waals surface area contributed by atoms with Gasteiger partial charge in [0, 0.05) is 0 Å². The number of hydrogen-bond donors (Lipinski definition) is 1. The summed E-state index contributed by atoms with van der Waals surface area (Å²) in [5.74, 6) is 0.902. The first-order valence-corrected chi connectivity index (χ1v) is 5.61. The van der Waals surface area contributed by atoms with Crippen LogP contribution in [0.4, 0.5) is 5.69 Å². The van der Waals surface area contributed by atoms with Crippen molar-refractivity contribution < 1.29 is 4.42 Å². The van der Waals surface area contributed by atoms with E-state index in [9.17, 15) is 0 Å². The van der Waals surface area contributed by atoms with Crippen molar-refractivity contribution in [1.82, 2.24) is 0 Å². The standard InChI is InChI=1S/C13H14ClNO/c1-9-5-3-6-11(14)13(9)15-10(2)12-7-4-8-16-12/h3-8,10,15H,1-2H3. The Labute approximate surface area is 100 Å². The van der Waals surface area contributed by atoms with Crippen LogP contribution in [-0.4, -0.2) is 0 Å². The van der Waals surface area contributed by atoms with Crippen LogP contribution in [0.1, 0.15) is 24.3 Å². The van der Waals surface area contributed by atoms with Crippen LogP contribution in [0.5, 0.6) is 0 Å². The highest BCUT2D eigenvalue weighted by molar-refractivity contribution is 6.33. The van der Waals surface area contributed by atoms with Gasteiger partial charge in [-0.3, -0.25) is 0 Å². The fourth-order valence-electron chi connectivity index (χ4n) is 1.64. The molecule has 0 amide bonds. The third-order valence-corrected chi connectivity index (χ3v) is 2.87. The van der Waals surface area contributed by atoms with Crippen LogP contribution in [0, 0.1) is 6.92 Å². The fourth-order valence-corrected chi connectivity index (χ4v) is 1.92. The molecule has 1 heterocycles. The van der Waals surface area contributed by atoms with Gasteiger partial charge >= 0.3 is 0 Å². The van der Waals surface area contributed by atoms with Crippen LogP contribution >= 0.6 is 11.6 Å². The molecule has 2 nitrogen and oxygen atoms in total. The minimum Gasteiger partial charge on any atom is -0.467 e. The van der Waals surface area contributed by atoms with Crippen LogP contribution in [0.15, 0.2) is 41.0 Å². The van der Waals surface area contributed by atoms with E-state index in [1.165, 1.54) is 0 Å². The average molecular weight is 236 g/mol. The number of hydrogen-bond acceptors (Lipinski definition) is 2. The highest BCUT2D eigenvalue weighted by atomic mass is 35.5. The monoisotopic (exact) mass is 235 g/mol. The van der Waals surface area contributed by atoms with Crippen LogP contribution in [0.25, 0.3) is 0 Å². The van der Waals surface area contributed by atoms with Crippen molar-refractivity contribution >= 4 is 17.3 Å². The molecule has 0 aliphatic rings. The lowest BCUT2D eigenvalue weighted by Crippen LogP contribution is -2.07. The third-order valence-electron chi connectivity index (χ3n) is 2.55. The average Bonchev–Trinajstić information content (AvgIpc) is 2.76. The number of para-hydroxylation sites is 1. The normalized spacial score (nSPS) is 12.4. The lowest BCUT2D eigenvalue weighted by atomic mass is 10.1. The Bertz CT molecular complexity index is 445. The van der Waals surface area contributed by atoms with Gasteiger partial charge < -0.3 is 9.73 Å². The maximum atomic E-state index is 6.14. The highest BCUT2D eigenvalue weighted by Crippen LogP contribution is 2.29. The van der Waals surface area contributed by atoms with Crippen LogP contribution < -0.4 is 5.32 Å². The van der Waals surface area contributed by atoms with E-state index >= 15 is 0 Å². The van der Waals surface area contributed by atoms with Gasteiger partial charge in [-0.15, -0.1) is 0 Å². The molecule has 0 bridgehead atoms. The molecule has 1 aromatic carbocycles. The molecule has 1 atom stereocenters. The summed E-state index contributed by atoms with van der Waals surface area (Å²) in [6.45, 7) is 4.07. The maximum absolute atomic E-state index is 6.14. The molecule has 1 aromatic heterocycles. The van der Waals surface area contributed by atoms with E-state index in [0.29, 0.717) is 0 Å². The highest BCUT2D eigenvalue weighted by Gasteiger charge is 2.11. The molecule has 0 aliphatic carbocycles. The van der Waals surface area contributed by atoms with Gasteiger partial charge in [0.05, 0.1) is 23.0 Å². The van der Waals surface area contributed by atoms with Crippen molar-refractivity contribution in [3.8, 4) is 0 Å². The van der Waals surface area contributed by atoms with Crippen molar-refractivity contribution in [2.75, 3.05) is 5.32 Å². The lowest BCUT2D eigenvalue weighted by Gasteiger charge is -2.16. The zero-order chi connectivity index (χ0) is 11.5. The summed E-state index contributed by atoms with van der Waals surface area (Å²) in [6, 6.07) is 9.79. The van der Waals surface area contributed by atoms with Gasteiger partial charge in [-0.2, -0.15) is 0 Å². The molecule has 84 valence electrons. The molecule has 0 saturated carbocycles. The Balaban J connectivity index is 2.21. The molecule has 0 radical (unpaired) electrons. The van der Waals surface area contributed by atoms with Gasteiger partial charge in [-0.05, 0) is 37.6 Å². The molecule has 16 heavy (non-hydrogen) atoms. The molecule has 1 unspecified atom stereocenters. The Hall–Kier alpha value is -1.41. The molecule has 0 fully saturated rings. The van der Waals surface area contributed by atoms with E-state index in [2.05, 4.69) is 5.32 Å². The van der Waals surface area contributed by atoms with Crippen molar-refractivity contribution in [3.05, 3.63) is 52.9 Å². The van der Waals surface area contributed by atoms with Gasteiger partial charge in [0.2, 0.25) is 0 Å². The summed E-state index contributed by atoms with van der Waals surface area (Å²) in [5, 5.41) is 4.09. The molecule has 0 spiro atoms. The zero-order valence-corrected chi connectivity index (χ0v) is 10.1. The number of rotatable bonds is 3. The van der Waals surface area contributed by atoms with Gasteiger partial charge in [-0.25, -0.2) is 0 Å². The number of furan rings is 1. The Morgan fingerprint density at radius 3 is 2.69 bits per heavy atom. The van der Waals surface area contributed by atoms with E-state index in [-0.39, 0.29) is 6.04 Å². The minimum atomic E-state index is 0.105. The minimum absolute atomic E-state index is 0.105. The maximum Gasteiger partial charge on any atom is 0.125 e. The van der Waals surface area contributed by atoms with Gasteiger partial charge in [0.25, 0.3) is 0 Å². The second-order valence-corrected chi connectivity index (χ2v) is 4.22. The van der Waals surface area contributed by atoms with E-state index < -0.39 is 0 Å². The Morgan fingerprint density at radius 1 is 1.25 bits per heavy atom. The van der Waals surface area contributed by atoms with E-state index in [1.807, 2.05) is 44.2 Å². The first-order chi connectivity index (χ1) is 7.68. The van der Waals surface area contributed by atoms with Gasteiger partial charge in [-0.1, -0.05) is 23.7 Å². The Kier molecular flexibility index (Phi) is 3.20. The second kappa shape index (κ2) is 4.62. The third kappa shape index (κ3) is 2.22. The van der Waals surface area contributed by atoms with E-state index in [0.717, 1.165) is 22.0 Å². The molecular weight excluding hydrogens is 222 g/mol. The smallest absolute Gasteiger partial charge is 0.125 e. The van der Waals surface area contributed by atoms with Crippen molar-refractivity contribution in [2.45, 2.75) is 19.9 Å². The fraction of sp³-hybridized carbons (Fsp3) is 0.231. The number of nitrogens with one attached hydrogen (secondary N) is 1. The first-order valence-electron chi connectivity index (χ1n) is 5.23. The topological polar surface area (TPSA) is 25.2 Å². The van der Waals surface area contributed by atoms with E-state index in [4.69, 9.17) is 16.0 Å². The second-order valence-electron chi connectivity index (χ2n) is 3.81. The van der Waals surface area contributed by atoms with Crippen molar-refractivity contribution in [2.24, 2.45) is 0 Å². The zero-order valence-electron chi connectivity index (χ0n) is 9.33.